The van der Waals surface area contributed by atoms with Gasteiger partial charge in [0, 0.05) is 6.07 Å². The van der Waals surface area contributed by atoms with Crippen LogP contribution in [-0.2, 0) is 11.8 Å². The molecule has 2 rings (SSSR count). The predicted molar refractivity (Wildman–Crippen MR) is 69.8 cm³/mol. The first-order valence-corrected chi connectivity index (χ1v) is 6.24. The first-order chi connectivity index (χ1) is 7.69. The highest BCUT2D eigenvalue weighted by Crippen LogP contribution is 2.40. The van der Waals surface area contributed by atoms with Crippen LogP contribution in [0.5, 0.6) is 11.5 Å². The first-order valence-electron chi connectivity index (χ1n) is 6.24. The van der Waals surface area contributed by atoms with E-state index in [1.165, 1.54) is 5.56 Å². The Hall–Kier alpha value is -1.18. The van der Waals surface area contributed by atoms with Gasteiger partial charge in [-0.1, -0.05) is 20.8 Å². The quantitative estimate of drug-likeness (QED) is 0.740. The number of benzene rings is 1. The molecule has 1 N–H and O–H groups in total. The molecule has 0 spiro atoms. The molecule has 0 bridgehead atoms. The summed E-state index contributed by atoms with van der Waals surface area (Å²) in [5, 5.41) is 10.1. The zero-order chi connectivity index (χ0) is 12.8. The van der Waals surface area contributed by atoms with Gasteiger partial charge in [0.05, 0.1) is 0 Å². The fraction of sp³-hybridized carbons (Fsp3) is 0.600. The van der Waals surface area contributed by atoms with Gasteiger partial charge >= 0.3 is 0 Å². The van der Waals surface area contributed by atoms with Crippen LogP contribution in [0.2, 0.25) is 0 Å². The van der Waals surface area contributed by atoms with Crippen LogP contribution >= 0.6 is 0 Å². The van der Waals surface area contributed by atoms with E-state index < -0.39 is 0 Å². The molecule has 17 heavy (non-hydrogen) atoms. The summed E-state index contributed by atoms with van der Waals surface area (Å²) in [5.41, 5.74) is 2.06. The maximum Gasteiger partial charge on any atom is 0.127 e. The standard InChI is InChI=1S/C15H22O2/c1-14(2,3)11-8-10-6-7-15(4,5)17-13(10)9-12(11)16/h8-9,16H,6-7H2,1-5H3. The molecule has 1 heterocycles. The smallest absolute Gasteiger partial charge is 0.127 e. The number of ether oxygens (including phenoxy) is 1. The highest BCUT2D eigenvalue weighted by Gasteiger charge is 2.29. The zero-order valence-electron chi connectivity index (χ0n) is 11.4. The summed E-state index contributed by atoms with van der Waals surface area (Å²) in [5.74, 6) is 1.18. The van der Waals surface area contributed by atoms with Crippen molar-refractivity contribution >= 4 is 0 Å². The van der Waals surface area contributed by atoms with Gasteiger partial charge in [-0.05, 0) is 49.3 Å². The maximum absolute atomic E-state index is 10.1. The van der Waals surface area contributed by atoms with Crippen LogP contribution in [0, 0.1) is 0 Å². The summed E-state index contributed by atoms with van der Waals surface area (Å²) in [6.07, 6.45) is 2.04. The molecule has 0 saturated heterocycles. The zero-order valence-corrected chi connectivity index (χ0v) is 11.4. The Morgan fingerprint density at radius 3 is 2.47 bits per heavy atom. The van der Waals surface area contributed by atoms with Crippen molar-refractivity contribution in [3.8, 4) is 11.5 Å². The van der Waals surface area contributed by atoms with Crippen LogP contribution in [0.25, 0.3) is 0 Å². The van der Waals surface area contributed by atoms with E-state index in [0.717, 1.165) is 24.2 Å². The minimum Gasteiger partial charge on any atom is -0.508 e. The molecule has 0 aromatic heterocycles. The molecule has 0 aliphatic carbocycles. The number of phenols is 1. The van der Waals surface area contributed by atoms with Crippen LogP contribution in [0.1, 0.15) is 52.2 Å². The van der Waals surface area contributed by atoms with Crippen LogP contribution in [0.3, 0.4) is 0 Å². The predicted octanol–water partition coefficient (Wildman–Crippen LogP) is 3.79. The molecule has 2 nitrogen and oxygen atoms in total. The Balaban J connectivity index is 2.46. The molecule has 1 aliphatic rings. The molecular weight excluding hydrogens is 212 g/mol. The summed E-state index contributed by atoms with van der Waals surface area (Å²) in [6, 6.07) is 3.87. The minimum absolute atomic E-state index is 0.0356. The van der Waals surface area contributed by atoms with Gasteiger partial charge in [-0.25, -0.2) is 0 Å². The Morgan fingerprint density at radius 1 is 1.24 bits per heavy atom. The van der Waals surface area contributed by atoms with Crippen LogP contribution in [-0.4, -0.2) is 10.7 Å². The number of aryl methyl sites for hydroxylation is 1. The Labute approximate surface area is 104 Å². The second-order valence-corrected chi connectivity index (χ2v) is 6.59. The third-order valence-corrected chi connectivity index (χ3v) is 3.37. The van der Waals surface area contributed by atoms with Crippen molar-refractivity contribution in [2.45, 2.75) is 58.5 Å². The van der Waals surface area contributed by atoms with Crippen molar-refractivity contribution in [2.75, 3.05) is 0 Å². The number of fused-ring (bicyclic) bond motifs is 1. The summed E-state index contributed by atoms with van der Waals surface area (Å²) >= 11 is 0. The number of hydrogen-bond acceptors (Lipinski definition) is 2. The van der Waals surface area contributed by atoms with Gasteiger partial charge in [0.15, 0.2) is 0 Å². The van der Waals surface area contributed by atoms with Gasteiger partial charge in [0.1, 0.15) is 17.1 Å². The van der Waals surface area contributed by atoms with Gasteiger partial charge in [-0.2, -0.15) is 0 Å². The van der Waals surface area contributed by atoms with E-state index in [1.54, 1.807) is 6.07 Å². The van der Waals surface area contributed by atoms with Gasteiger partial charge < -0.3 is 9.84 Å². The fourth-order valence-electron chi connectivity index (χ4n) is 2.29. The number of phenolic OH excluding ortho intramolecular Hbond substituents is 1. The van der Waals surface area contributed by atoms with Crippen molar-refractivity contribution in [3.63, 3.8) is 0 Å². The number of aromatic hydroxyl groups is 1. The van der Waals surface area contributed by atoms with Gasteiger partial charge in [-0.3, -0.25) is 0 Å². The first kappa shape index (κ1) is 12.3. The Morgan fingerprint density at radius 2 is 1.88 bits per heavy atom. The number of rotatable bonds is 0. The summed E-state index contributed by atoms with van der Waals surface area (Å²) in [4.78, 5) is 0. The fourth-order valence-corrected chi connectivity index (χ4v) is 2.29. The Kier molecular flexibility index (Phi) is 2.64. The molecule has 0 fully saturated rings. The van der Waals surface area contributed by atoms with E-state index in [9.17, 15) is 5.11 Å². The molecule has 2 heteroatoms. The molecule has 0 amide bonds. The monoisotopic (exact) mass is 234 g/mol. The molecule has 1 aliphatic heterocycles. The average molecular weight is 234 g/mol. The lowest BCUT2D eigenvalue weighted by Gasteiger charge is -2.34. The van der Waals surface area contributed by atoms with Crippen molar-refractivity contribution in [1.82, 2.24) is 0 Å². The maximum atomic E-state index is 10.1. The molecule has 1 aromatic rings. The third-order valence-electron chi connectivity index (χ3n) is 3.37. The third kappa shape index (κ3) is 2.41. The van der Waals surface area contributed by atoms with Crippen LogP contribution in [0.15, 0.2) is 12.1 Å². The van der Waals surface area contributed by atoms with Crippen LogP contribution in [0.4, 0.5) is 0 Å². The molecule has 0 unspecified atom stereocenters. The Bertz CT molecular complexity index is 439. The van der Waals surface area contributed by atoms with Crippen molar-refractivity contribution in [1.29, 1.82) is 0 Å². The second kappa shape index (κ2) is 3.66. The SMILES string of the molecule is CC1(C)CCc2cc(C(C)(C)C)c(O)cc2O1. The highest BCUT2D eigenvalue weighted by molar-refractivity contribution is 5.49. The van der Waals surface area contributed by atoms with E-state index in [0.29, 0.717) is 5.75 Å². The topological polar surface area (TPSA) is 29.5 Å². The van der Waals surface area contributed by atoms with Crippen molar-refractivity contribution in [2.24, 2.45) is 0 Å². The van der Waals surface area contributed by atoms with Gasteiger partial charge in [0.2, 0.25) is 0 Å². The average Bonchev–Trinajstić information content (AvgIpc) is 2.13. The van der Waals surface area contributed by atoms with Crippen molar-refractivity contribution in [3.05, 3.63) is 23.3 Å². The summed E-state index contributed by atoms with van der Waals surface area (Å²) < 4.78 is 5.91. The molecule has 0 saturated carbocycles. The number of hydrogen-bond donors (Lipinski definition) is 1. The summed E-state index contributed by atoms with van der Waals surface area (Å²) in [7, 11) is 0. The lowest BCUT2D eigenvalue weighted by Crippen LogP contribution is -2.32. The van der Waals surface area contributed by atoms with E-state index in [1.807, 2.05) is 0 Å². The minimum atomic E-state index is -0.122. The van der Waals surface area contributed by atoms with E-state index in [4.69, 9.17) is 4.74 Å². The largest absolute Gasteiger partial charge is 0.508 e. The summed E-state index contributed by atoms with van der Waals surface area (Å²) in [6.45, 7) is 10.5. The van der Waals surface area contributed by atoms with Crippen molar-refractivity contribution < 1.29 is 9.84 Å². The second-order valence-electron chi connectivity index (χ2n) is 6.59. The van der Waals surface area contributed by atoms with Crippen LogP contribution < -0.4 is 4.74 Å². The molecule has 0 radical (unpaired) electrons. The highest BCUT2D eigenvalue weighted by atomic mass is 16.5. The molecule has 94 valence electrons. The van der Waals surface area contributed by atoms with E-state index >= 15 is 0 Å². The molecule has 0 atom stereocenters. The van der Waals surface area contributed by atoms with Gasteiger partial charge in [0.25, 0.3) is 0 Å². The molecular formula is C15H22O2. The van der Waals surface area contributed by atoms with Gasteiger partial charge in [-0.15, -0.1) is 0 Å². The lowest BCUT2D eigenvalue weighted by molar-refractivity contribution is 0.0842. The molecule has 1 aromatic carbocycles. The lowest BCUT2D eigenvalue weighted by atomic mass is 9.83. The van der Waals surface area contributed by atoms with E-state index in [2.05, 4.69) is 40.7 Å². The normalized spacial score (nSPS) is 18.4. The van der Waals surface area contributed by atoms with E-state index in [-0.39, 0.29) is 11.0 Å².